The van der Waals surface area contributed by atoms with Gasteiger partial charge in [0.1, 0.15) is 0 Å². The molecule has 0 spiro atoms. The van der Waals surface area contributed by atoms with Gasteiger partial charge >= 0.3 is 0 Å². The number of hydrogen-bond acceptors (Lipinski definition) is 2. The van der Waals surface area contributed by atoms with Crippen LogP contribution in [0.1, 0.15) is 27.7 Å². The monoisotopic (exact) mass is 251 g/mol. The van der Waals surface area contributed by atoms with E-state index in [1.807, 2.05) is 24.4 Å². The summed E-state index contributed by atoms with van der Waals surface area (Å²) in [4.78, 5) is 6.92. The zero-order valence-corrected chi connectivity index (χ0v) is 10.8. The topological polar surface area (TPSA) is 12.9 Å². The Balaban J connectivity index is 2.05. The van der Waals surface area contributed by atoms with Crippen LogP contribution in [0.4, 0.5) is 0 Å². The lowest BCUT2D eigenvalue weighted by molar-refractivity contribution is 0.896. The van der Waals surface area contributed by atoms with Crippen molar-refractivity contribution in [1.82, 2.24) is 4.98 Å². The zero-order chi connectivity index (χ0) is 11.4. The second kappa shape index (κ2) is 5.46. The van der Waals surface area contributed by atoms with Crippen molar-refractivity contribution in [3.05, 3.63) is 52.0 Å². The Morgan fingerprint density at radius 3 is 2.81 bits per heavy atom. The third-order valence-electron chi connectivity index (χ3n) is 2.45. The fourth-order valence-electron chi connectivity index (χ4n) is 1.56. The minimum atomic E-state index is 0.0419. The molecule has 1 atom stereocenters. The molecule has 0 N–H and O–H groups in total. The van der Waals surface area contributed by atoms with Gasteiger partial charge in [-0.1, -0.05) is 13.0 Å². The first kappa shape index (κ1) is 11.6. The highest BCUT2D eigenvalue weighted by molar-refractivity contribution is 7.12. The molecule has 1 nitrogen and oxygen atoms in total. The highest BCUT2D eigenvalue weighted by Gasteiger charge is 2.11. The summed E-state index contributed by atoms with van der Waals surface area (Å²) in [7, 11) is 0. The van der Waals surface area contributed by atoms with Crippen LogP contribution in [0, 0.1) is 0 Å². The van der Waals surface area contributed by atoms with Gasteiger partial charge in [-0.2, -0.15) is 0 Å². The number of hydrogen-bond donors (Lipinski definition) is 0. The van der Waals surface area contributed by atoms with Crippen LogP contribution in [-0.2, 0) is 12.8 Å². The molecular weight excluding hydrogens is 238 g/mol. The van der Waals surface area contributed by atoms with Gasteiger partial charge < -0.3 is 0 Å². The molecule has 3 heteroatoms. The molecule has 0 radical (unpaired) electrons. The molecule has 0 saturated carbocycles. The summed E-state index contributed by atoms with van der Waals surface area (Å²) >= 11 is 8.18. The van der Waals surface area contributed by atoms with Crippen molar-refractivity contribution < 1.29 is 0 Å². The maximum Gasteiger partial charge on any atom is 0.0733 e. The lowest BCUT2D eigenvalue weighted by atomic mass is 10.2. The van der Waals surface area contributed by atoms with Gasteiger partial charge in [0, 0.05) is 28.1 Å². The molecule has 0 bridgehead atoms. The second-order valence-corrected chi connectivity index (χ2v) is 5.38. The van der Waals surface area contributed by atoms with Gasteiger partial charge in [0.2, 0.25) is 0 Å². The van der Waals surface area contributed by atoms with Gasteiger partial charge in [-0.05, 0) is 30.7 Å². The number of halogens is 1. The maximum atomic E-state index is 6.38. The number of nitrogens with zero attached hydrogens (tertiary/aromatic N) is 1. The van der Waals surface area contributed by atoms with E-state index in [1.54, 1.807) is 11.3 Å². The van der Waals surface area contributed by atoms with Gasteiger partial charge in [-0.25, -0.2) is 0 Å². The van der Waals surface area contributed by atoms with E-state index in [-0.39, 0.29) is 5.38 Å². The van der Waals surface area contributed by atoms with E-state index in [0.29, 0.717) is 0 Å². The lowest BCUT2D eigenvalue weighted by Crippen LogP contribution is -1.95. The molecule has 2 rings (SSSR count). The molecule has 2 aromatic heterocycles. The first-order chi connectivity index (χ1) is 7.79. The molecule has 2 heterocycles. The Bertz CT molecular complexity index is 438. The zero-order valence-electron chi connectivity index (χ0n) is 9.19. The summed E-state index contributed by atoms with van der Waals surface area (Å²) in [6.07, 6.45) is 3.69. The second-order valence-electron chi connectivity index (χ2n) is 3.65. The van der Waals surface area contributed by atoms with Crippen molar-refractivity contribution in [3.63, 3.8) is 0 Å². The maximum absolute atomic E-state index is 6.38. The lowest BCUT2D eigenvalue weighted by Gasteiger charge is -2.05. The molecule has 0 amide bonds. The third-order valence-corrected chi connectivity index (χ3v) is 4.32. The SMILES string of the molecule is CCc1ccc(C(Cl)Cc2ccccn2)s1. The molecule has 0 saturated heterocycles. The summed E-state index contributed by atoms with van der Waals surface area (Å²) in [5.41, 5.74) is 1.05. The van der Waals surface area contributed by atoms with Crippen LogP contribution in [0.2, 0.25) is 0 Å². The quantitative estimate of drug-likeness (QED) is 0.741. The molecule has 84 valence electrons. The van der Waals surface area contributed by atoms with E-state index in [4.69, 9.17) is 11.6 Å². The molecular formula is C13H14ClNS. The Morgan fingerprint density at radius 2 is 2.19 bits per heavy atom. The number of thiophene rings is 1. The van der Waals surface area contributed by atoms with E-state index < -0.39 is 0 Å². The average molecular weight is 252 g/mol. The minimum Gasteiger partial charge on any atom is -0.261 e. The fraction of sp³-hybridized carbons (Fsp3) is 0.308. The van der Waals surface area contributed by atoms with Gasteiger partial charge in [-0.3, -0.25) is 4.98 Å². The molecule has 0 aliphatic carbocycles. The van der Waals surface area contributed by atoms with E-state index in [9.17, 15) is 0 Å². The van der Waals surface area contributed by atoms with E-state index >= 15 is 0 Å². The number of pyridine rings is 1. The molecule has 0 fully saturated rings. The predicted molar refractivity (Wildman–Crippen MR) is 70.2 cm³/mol. The number of alkyl halides is 1. The van der Waals surface area contributed by atoms with Gasteiger partial charge in [-0.15, -0.1) is 22.9 Å². The Hall–Kier alpha value is -0.860. The summed E-state index contributed by atoms with van der Waals surface area (Å²) in [6.45, 7) is 2.16. The fourth-order valence-corrected chi connectivity index (χ4v) is 2.85. The number of aromatic nitrogens is 1. The third kappa shape index (κ3) is 2.83. The van der Waals surface area contributed by atoms with Gasteiger partial charge in [0.05, 0.1) is 5.38 Å². The highest BCUT2D eigenvalue weighted by Crippen LogP contribution is 2.30. The van der Waals surface area contributed by atoms with E-state index in [0.717, 1.165) is 18.5 Å². The van der Waals surface area contributed by atoms with Crippen molar-refractivity contribution in [2.75, 3.05) is 0 Å². The molecule has 0 aromatic carbocycles. The predicted octanol–water partition coefficient (Wildman–Crippen LogP) is 4.23. The van der Waals surface area contributed by atoms with E-state index in [2.05, 4.69) is 24.0 Å². The van der Waals surface area contributed by atoms with Crippen LogP contribution in [0.15, 0.2) is 36.5 Å². The van der Waals surface area contributed by atoms with Gasteiger partial charge in [0.15, 0.2) is 0 Å². The first-order valence-electron chi connectivity index (χ1n) is 5.42. The van der Waals surface area contributed by atoms with Crippen LogP contribution in [-0.4, -0.2) is 4.98 Å². The van der Waals surface area contributed by atoms with Crippen molar-refractivity contribution in [3.8, 4) is 0 Å². The van der Waals surface area contributed by atoms with Crippen molar-refractivity contribution in [2.24, 2.45) is 0 Å². The Kier molecular flexibility index (Phi) is 3.97. The van der Waals surface area contributed by atoms with Crippen LogP contribution < -0.4 is 0 Å². The van der Waals surface area contributed by atoms with Crippen molar-refractivity contribution >= 4 is 22.9 Å². The van der Waals surface area contributed by atoms with Crippen molar-refractivity contribution in [2.45, 2.75) is 25.1 Å². The Morgan fingerprint density at radius 1 is 1.31 bits per heavy atom. The normalized spacial score (nSPS) is 12.6. The van der Waals surface area contributed by atoms with Crippen LogP contribution in [0.3, 0.4) is 0 Å². The minimum absolute atomic E-state index is 0.0419. The van der Waals surface area contributed by atoms with Crippen molar-refractivity contribution in [1.29, 1.82) is 0 Å². The highest BCUT2D eigenvalue weighted by atomic mass is 35.5. The number of rotatable bonds is 4. The number of aryl methyl sites for hydroxylation is 1. The largest absolute Gasteiger partial charge is 0.261 e. The van der Waals surface area contributed by atoms with Crippen LogP contribution in [0.25, 0.3) is 0 Å². The average Bonchev–Trinajstić information content (AvgIpc) is 2.79. The van der Waals surface area contributed by atoms with E-state index in [1.165, 1.54) is 9.75 Å². The standard InChI is InChI=1S/C13H14ClNS/c1-2-11-6-7-13(16-11)12(14)9-10-5-3-4-8-15-10/h3-8,12H,2,9H2,1H3. The molecule has 0 aliphatic heterocycles. The molecule has 0 aliphatic rings. The summed E-state index contributed by atoms with van der Waals surface area (Å²) in [5.74, 6) is 0. The molecule has 16 heavy (non-hydrogen) atoms. The summed E-state index contributed by atoms with van der Waals surface area (Å²) in [5, 5.41) is 0.0419. The van der Waals surface area contributed by atoms with Crippen LogP contribution >= 0.6 is 22.9 Å². The first-order valence-corrected chi connectivity index (χ1v) is 6.67. The summed E-state index contributed by atoms with van der Waals surface area (Å²) < 4.78 is 0. The molecule has 1 unspecified atom stereocenters. The smallest absolute Gasteiger partial charge is 0.0733 e. The van der Waals surface area contributed by atoms with Gasteiger partial charge in [0.25, 0.3) is 0 Å². The Labute approximate surface area is 105 Å². The summed E-state index contributed by atoms with van der Waals surface area (Å²) in [6, 6.07) is 10.2. The molecule has 2 aromatic rings. The van der Waals surface area contributed by atoms with Crippen LogP contribution in [0.5, 0.6) is 0 Å².